The molecule has 3 aromatic carbocycles. The van der Waals surface area contributed by atoms with Crippen LogP contribution in [0.4, 0.5) is 0 Å². The number of nitrogens with zero attached hydrogens (tertiary/aromatic N) is 1. The Kier molecular flexibility index (Phi) is 5.84. The molecule has 0 saturated heterocycles. The zero-order chi connectivity index (χ0) is 21.8. The van der Waals surface area contributed by atoms with Crippen molar-refractivity contribution in [1.82, 2.24) is 10.5 Å². The summed E-state index contributed by atoms with van der Waals surface area (Å²) in [6.45, 7) is 0. The topological polar surface area (TPSA) is 55.1 Å². The van der Waals surface area contributed by atoms with E-state index in [1.807, 2.05) is 48.5 Å². The smallest absolute Gasteiger partial charge is 0.257 e. The largest absolute Gasteiger partial charge is 0.360 e. The van der Waals surface area contributed by atoms with E-state index in [9.17, 15) is 4.79 Å². The van der Waals surface area contributed by atoms with Crippen LogP contribution in [0.3, 0.4) is 0 Å². The summed E-state index contributed by atoms with van der Waals surface area (Å²) in [5.41, 5.74) is 5.41. The Bertz CT molecular complexity index is 1180. The molecule has 5 rings (SSSR count). The highest BCUT2D eigenvalue weighted by molar-refractivity contribution is 5.95. The van der Waals surface area contributed by atoms with E-state index in [1.54, 1.807) is 0 Å². The zero-order valence-corrected chi connectivity index (χ0v) is 17.9. The molecule has 4 nitrogen and oxygen atoms in total. The highest BCUT2D eigenvalue weighted by Gasteiger charge is 2.31. The Morgan fingerprint density at radius 1 is 0.969 bits per heavy atom. The van der Waals surface area contributed by atoms with Gasteiger partial charge in [-0.25, -0.2) is 0 Å². The number of hydrogen-bond acceptors (Lipinski definition) is 3. The maximum atomic E-state index is 13.4. The summed E-state index contributed by atoms with van der Waals surface area (Å²) in [4.78, 5) is 13.4. The van der Waals surface area contributed by atoms with Gasteiger partial charge in [0.25, 0.3) is 5.91 Å². The lowest BCUT2D eigenvalue weighted by atomic mass is 9.76. The molecule has 0 spiro atoms. The number of benzene rings is 3. The fraction of sp³-hybridized carbons (Fsp3) is 0.214. The number of hydrogen-bond donors (Lipinski definition) is 1. The number of rotatable bonds is 6. The van der Waals surface area contributed by atoms with Crippen LogP contribution in [0.25, 0.3) is 0 Å². The van der Waals surface area contributed by atoms with Crippen molar-refractivity contribution in [1.29, 1.82) is 0 Å². The molecule has 2 unspecified atom stereocenters. The zero-order valence-electron chi connectivity index (χ0n) is 17.9. The summed E-state index contributed by atoms with van der Waals surface area (Å²) in [6, 6.07) is 28.8. The van der Waals surface area contributed by atoms with E-state index < -0.39 is 0 Å². The van der Waals surface area contributed by atoms with E-state index >= 15 is 0 Å². The lowest BCUT2D eigenvalue weighted by molar-refractivity contribution is 0.0926. The van der Waals surface area contributed by atoms with E-state index in [-0.39, 0.29) is 17.9 Å². The molecule has 0 saturated carbocycles. The van der Waals surface area contributed by atoms with Gasteiger partial charge >= 0.3 is 0 Å². The Morgan fingerprint density at radius 3 is 2.50 bits per heavy atom. The molecule has 160 valence electrons. The van der Waals surface area contributed by atoms with Gasteiger partial charge < -0.3 is 9.84 Å². The lowest BCUT2D eigenvalue weighted by Gasteiger charge is -2.33. The first-order valence-corrected chi connectivity index (χ1v) is 11.2. The van der Waals surface area contributed by atoms with Gasteiger partial charge in [0.05, 0.1) is 12.2 Å². The standard InChI is InChI=1S/C28H26N2O2/c31-28(25-19-29-32-26(25)18-20-10-3-1-4-11-20)30-27(22-13-5-2-6-14-22)24-17-9-15-21-12-7-8-16-23(21)24/h1-8,10-14,16,19,24,27H,9,15,17-18H2,(H,30,31). The molecular formula is C28H26N2O2. The van der Waals surface area contributed by atoms with Gasteiger partial charge in [0, 0.05) is 12.3 Å². The quantitative estimate of drug-likeness (QED) is 0.424. The summed E-state index contributed by atoms with van der Waals surface area (Å²) in [5, 5.41) is 7.27. The van der Waals surface area contributed by atoms with Crippen molar-refractivity contribution in [2.45, 2.75) is 37.6 Å². The van der Waals surface area contributed by atoms with Crippen LogP contribution < -0.4 is 5.32 Å². The first-order valence-electron chi connectivity index (χ1n) is 11.2. The van der Waals surface area contributed by atoms with Crippen molar-refractivity contribution in [3.05, 3.63) is 125 Å². The minimum Gasteiger partial charge on any atom is -0.360 e. The Labute approximate surface area is 188 Å². The van der Waals surface area contributed by atoms with Crippen LogP contribution in [0.5, 0.6) is 0 Å². The van der Waals surface area contributed by atoms with Gasteiger partial charge in [0.15, 0.2) is 5.76 Å². The number of nitrogens with one attached hydrogen (secondary N) is 1. The number of aromatic nitrogens is 1. The molecule has 0 fully saturated rings. The van der Waals surface area contributed by atoms with Crippen molar-refractivity contribution >= 4 is 5.91 Å². The van der Waals surface area contributed by atoms with Crippen molar-refractivity contribution in [2.24, 2.45) is 0 Å². The third-order valence-corrected chi connectivity index (χ3v) is 6.36. The molecule has 1 N–H and O–H groups in total. The van der Waals surface area contributed by atoms with E-state index in [4.69, 9.17) is 4.52 Å². The van der Waals surface area contributed by atoms with Crippen LogP contribution in [0.15, 0.2) is 95.6 Å². The van der Waals surface area contributed by atoms with Gasteiger partial charge in [-0.3, -0.25) is 4.79 Å². The summed E-state index contributed by atoms with van der Waals surface area (Å²) in [5.74, 6) is 0.669. The normalized spacial score (nSPS) is 16.2. The van der Waals surface area contributed by atoms with Gasteiger partial charge in [-0.1, -0.05) is 90.1 Å². The molecule has 1 aliphatic carbocycles. The second kappa shape index (κ2) is 9.23. The van der Waals surface area contributed by atoms with Crippen LogP contribution in [0.1, 0.15) is 63.2 Å². The molecule has 0 radical (unpaired) electrons. The van der Waals surface area contributed by atoms with Gasteiger partial charge in [-0.2, -0.15) is 0 Å². The third kappa shape index (κ3) is 4.22. The molecule has 1 amide bonds. The van der Waals surface area contributed by atoms with Crippen LogP contribution in [0.2, 0.25) is 0 Å². The van der Waals surface area contributed by atoms with Crippen LogP contribution in [0, 0.1) is 0 Å². The number of amides is 1. The maximum absolute atomic E-state index is 13.4. The average molecular weight is 423 g/mol. The van der Waals surface area contributed by atoms with Crippen molar-refractivity contribution in [2.75, 3.05) is 0 Å². The molecular weight excluding hydrogens is 396 g/mol. The highest BCUT2D eigenvalue weighted by atomic mass is 16.5. The second-order valence-corrected chi connectivity index (χ2v) is 8.38. The summed E-state index contributed by atoms with van der Waals surface area (Å²) in [7, 11) is 0. The Hall–Kier alpha value is -3.66. The monoisotopic (exact) mass is 422 g/mol. The predicted molar refractivity (Wildman–Crippen MR) is 125 cm³/mol. The molecule has 2 atom stereocenters. The average Bonchev–Trinajstić information content (AvgIpc) is 3.31. The SMILES string of the molecule is O=C(NC(c1ccccc1)C1CCCc2ccccc21)c1cnoc1Cc1ccccc1. The molecule has 1 heterocycles. The Morgan fingerprint density at radius 2 is 1.69 bits per heavy atom. The minimum absolute atomic E-state index is 0.121. The fourth-order valence-corrected chi connectivity index (χ4v) is 4.79. The van der Waals surface area contributed by atoms with Crippen LogP contribution in [-0.2, 0) is 12.8 Å². The van der Waals surface area contributed by atoms with Gasteiger partial charge in [-0.15, -0.1) is 0 Å². The summed E-state index contributed by atoms with van der Waals surface area (Å²) < 4.78 is 5.47. The summed E-state index contributed by atoms with van der Waals surface area (Å²) in [6.07, 6.45) is 5.32. The second-order valence-electron chi connectivity index (χ2n) is 8.38. The predicted octanol–water partition coefficient (Wildman–Crippen LogP) is 5.86. The number of fused-ring (bicyclic) bond motifs is 1. The molecule has 0 bridgehead atoms. The first kappa shape index (κ1) is 20.3. The third-order valence-electron chi connectivity index (χ3n) is 6.36. The van der Waals surface area contributed by atoms with Crippen LogP contribution >= 0.6 is 0 Å². The van der Waals surface area contributed by atoms with Crippen molar-refractivity contribution in [3.63, 3.8) is 0 Å². The van der Waals surface area contributed by atoms with E-state index in [0.717, 1.165) is 30.4 Å². The highest BCUT2D eigenvalue weighted by Crippen LogP contribution is 2.40. The Balaban J connectivity index is 1.45. The van der Waals surface area contributed by atoms with E-state index in [1.165, 1.54) is 17.3 Å². The number of aryl methyl sites for hydroxylation is 1. The van der Waals surface area contributed by atoms with Crippen molar-refractivity contribution in [3.8, 4) is 0 Å². The number of carbonyl (C=O) groups is 1. The number of carbonyl (C=O) groups excluding carboxylic acids is 1. The molecule has 1 aliphatic rings. The lowest BCUT2D eigenvalue weighted by Crippen LogP contribution is -2.34. The van der Waals surface area contributed by atoms with E-state index in [0.29, 0.717) is 17.7 Å². The fourth-order valence-electron chi connectivity index (χ4n) is 4.79. The van der Waals surface area contributed by atoms with Crippen LogP contribution in [-0.4, -0.2) is 11.1 Å². The molecule has 4 aromatic rings. The van der Waals surface area contributed by atoms with Gasteiger partial charge in [-0.05, 0) is 41.5 Å². The minimum atomic E-state index is -0.144. The molecule has 32 heavy (non-hydrogen) atoms. The summed E-state index contributed by atoms with van der Waals surface area (Å²) >= 11 is 0. The van der Waals surface area contributed by atoms with Gasteiger partial charge in [0.1, 0.15) is 5.56 Å². The van der Waals surface area contributed by atoms with Gasteiger partial charge in [0.2, 0.25) is 0 Å². The maximum Gasteiger partial charge on any atom is 0.257 e. The van der Waals surface area contributed by atoms with Crippen molar-refractivity contribution < 1.29 is 9.32 Å². The molecule has 4 heteroatoms. The first-order chi connectivity index (χ1) is 15.8. The molecule has 0 aliphatic heterocycles. The molecule has 1 aromatic heterocycles. The van der Waals surface area contributed by atoms with E-state index in [2.05, 4.69) is 46.9 Å².